The number of ether oxygens (including phenoxy) is 1. The molecule has 12 nitrogen and oxygen atoms in total. The van der Waals surface area contributed by atoms with E-state index in [0.717, 1.165) is 0 Å². The number of hydrogen-bond donors (Lipinski definition) is 2. The van der Waals surface area contributed by atoms with Gasteiger partial charge in [0.2, 0.25) is 0 Å². The zero-order valence-corrected chi connectivity index (χ0v) is 24.0. The Bertz CT molecular complexity index is 2150. The van der Waals surface area contributed by atoms with Crippen LogP contribution in [0.15, 0.2) is 53.5 Å². The maximum atomic E-state index is 15.7. The number of benzene rings is 3. The highest BCUT2D eigenvalue weighted by Gasteiger charge is 2.29. The predicted molar refractivity (Wildman–Crippen MR) is 157 cm³/mol. The number of fused-ring (bicyclic) bond motifs is 2. The first-order valence-electron chi connectivity index (χ1n) is 13.2. The fraction of sp³-hybridized carbons (Fsp3) is 0.194. The number of hydrogen-bond acceptors (Lipinski definition) is 8. The van der Waals surface area contributed by atoms with Crippen molar-refractivity contribution in [1.29, 1.82) is 10.5 Å². The van der Waals surface area contributed by atoms with Crippen LogP contribution in [0.3, 0.4) is 0 Å². The fourth-order valence-electron chi connectivity index (χ4n) is 5.00. The number of aromatic nitrogens is 4. The summed E-state index contributed by atoms with van der Waals surface area (Å²) in [6.07, 6.45) is -1.35. The van der Waals surface area contributed by atoms with E-state index in [1.165, 1.54) is 29.1 Å². The third kappa shape index (κ3) is 5.18. The number of rotatable bonds is 4. The quantitative estimate of drug-likeness (QED) is 0.274. The van der Waals surface area contributed by atoms with E-state index < -0.39 is 35.7 Å². The van der Waals surface area contributed by atoms with Gasteiger partial charge in [-0.3, -0.25) is 9.48 Å². The maximum absolute atomic E-state index is 15.7. The number of carbonyl (C=O) groups is 2. The van der Waals surface area contributed by atoms with Crippen molar-refractivity contribution in [2.75, 3.05) is 0 Å². The molecule has 0 unspecified atom stereocenters. The van der Waals surface area contributed by atoms with E-state index in [0.29, 0.717) is 26.8 Å². The fourth-order valence-corrected chi connectivity index (χ4v) is 5.00. The third-order valence-electron chi connectivity index (χ3n) is 6.84. The smallest absolute Gasteiger partial charge is 0.420 e. The van der Waals surface area contributed by atoms with E-state index in [4.69, 9.17) is 4.74 Å². The molecule has 220 valence electrons. The van der Waals surface area contributed by atoms with Gasteiger partial charge in [-0.25, -0.2) is 24.0 Å². The van der Waals surface area contributed by atoms with E-state index >= 15 is 4.39 Å². The summed E-state index contributed by atoms with van der Waals surface area (Å²) in [5.74, 6) is -0.667. The summed E-state index contributed by atoms with van der Waals surface area (Å²) in [4.78, 5) is 38.0. The van der Waals surface area contributed by atoms with Crippen molar-refractivity contribution >= 4 is 33.7 Å². The van der Waals surface area contributed by atoms with Crippen molar-refractivity contribution < 1.29 is 23.8 Å². The summed E-state index contributed by atoms with van der Waals surface area (Å²) in [6, 6.07) is 15.2. The van der Waals surface area contributed by atoms with Crippen LogP contribution in [0, 0.1) is 28.5 Å². The van der Waals surface area contributed by atoms with E-state index in [1.807, 2.05) is 6.07 Å². The number of carboxylic acid groups (broad SMARTS) is 1. The molecule has 3 aromatic carbocycles. The first-order valence-corrected chi connectivity index (χ1v) is 13.2. The monoisotopic (exact) mass is 593 g/mol. The second-order valence-electron chi connectivity index (χ2n) is 10.9. The number of aryl methyl sites for hydroxylation is 1. The minimum atomic E-state index is -1.62. The number of carbonyl (C=O) groups excluding carboxylic acids is 1. The highest BCUT2D eigenvalue weighted by molar-refractivity contribution is 5.99. The highest BCUT2D eigenvalue weighted by atomic mass is 19.1. The van der Waals surface area contributed by atoms with Crippen molar-refractivity contribution in [3.8, 4) is 34.5 Å². The molecular weight excluding hydrogens is 569 g/mol. The van der Waals surface area contributed by atoms with E-state index in [2.05, 4.69) is 21.4 Å². The summed E-state index contributed by atoms with van der Waals surface area (Å²) in [7, 11) is 1.57. The molecule has 0 aliphatic carbocycles. The minimum Gasteiger partial charge on any atom is -0.465 e. The Balaban J connectivity index is 1.75. The Morgan fingerprint density at radius 1 is 1.14 bits per heavy atom. The summed E-state index contributed by atoms with van der Waals surface area (Å²) in [5, 5.41) is 41.5. The molecule has 0 bridgehead atoms. The highest BCUT2D eigenvalue weighted by Crippen LogP contribution is 2.39. The molecule has 0 saturated carbocycles. The average Bonchev–Trinajstić information content (AvgIpc) is 3.34. The lowest BCUT2D eigenvalue weighted by Crippen LogP contribution is -2.40. The Morgan fingerprint density at radius 2 is 1.86 bits per heavy atom. The van der Waals surface area contributed by atoms with Gasteiger partial charge in [0.25, 0.3) is 5.56 Å². The second kappa shape index (κ2) is 11.0. The van der Waals surface area contributed by atoms with Crippen LogP contribution >= 0.6 is 0 Å². The van der Waals surface area contributed by atoms with Gasteiger partial charge in [0.1, 0.15) is 23.6 Å². The number of halogens is 1. The van der Waals surface area contributed by atoms with Gasteiger partial charge in [0.15, 0.2) is 0 Å². The van der Waals surface area contributed by atoms with Gasteiger partial charge in [-0.15, -0.1) is 0 Å². The molecule has 2 aromatic heterocycles. The average molecular weight is 594 g/mol. The number of nitriles is 2. The molecule has 13 heteroatoms. The number of H-pyrrole nitrogens is 1. The zero-order valence-electron chi connectivity index (χ0n) is 24.0. The number of amides is 2. The van der Waals surface area contributed by atoms with E-state index in [1.54, 1.807) is 52.1 Å². The van der Waals surface area contributed by atoms with Crippen LogP contribution in [-0.2, 0) is 18.3 Å². The van der Waals surface area contributed by atoms with Gasteiger partial charge in [0.05, 0.1) is 46.2 Å². The normalized spacial score (nSPS) is 11.2. The van der Waals surface area contributed by atoms with Gasteiger partial charge in [-0.2, -0.15) is 20.7 Å². The van der Waals surface area contributed by atoms with Crippen molar-refractivity contribution in [2.45, 2.75) is 32.9 Å². The van der Waals surface area contributed by atoms with Crippen molar-refractivity contribution in [1.82, 2.24) is 24.9 Å². The SMILES string of the molecule is Cn1ncc(-c2cc(C#N)c3c(=O)[nH]nc(CN(C(=O)O)C(=O)OC(C)(C)C)c3c2)c1-c1c(F)cc2ccccc2c1C#N. The van der Waals surface area contributed by atoms with Crippen LogP contribution in [0.2, 0.25) is 0 Å². The lowest BCUT2D eigenvalue weighted by Gasteiger charge is -2.24. The first-order chi connectivity index (χ1) is 20.8. The molecule has 0 fully saturated rings. The number of nitrogens with one attached hydrogen (secondary N) is 1. The second-order valence-corrected chi connectivity index (χ2v) is 10.9. The molecule has 2 N–H and O–H groups in total. The molecule has 0 aliphatic rings. The maximum Gasteiger partial charge on any atom is 0.420 e. The summed E-state index contributed by atoms with van der Waals surface area (Å²) in [6.45, 7) is 4.10. The van der Waals surface area contributed by atoms with Crippen LogP contribution in [0.5, 0.6) is 0 Å². The molecule has 44 heavy (non-hydrogen) atoms. The van der Waals surface area contributed by atoms with Crippen molar-refractivity contribution in [2.24, 2.45) is 7.05 Å². The van der Waals surface area contributed by atoms with Crippen LogP contribution in [0.4, 0.5) is 14.0 Å². The van der Waals surface area contributed by atoms with Gasteiger partial charge < -0.3 is 9.84 Å². The molecule has 2 amide bonds. The summed E-state index contributed by atoms with van der Waals surface area (Å²) >= 11 is 0. The predicted octanol–water partition coefficient (Wildman–Crippen LogP) is 5.44. The van der Waals surface area contributed by atoms with Crippen LogP contribution in [0.25, 0.3) is 43.9 Å². The van der Waals surface area contributed by atoms with Gasteiger partial charge in [-0.1, -0.05) is 24.3 Å². The van der Waals surface area contributed by atoms with Crippen molar-refractivity contribution in [3.05, 3.63) is 81.7 Å². The molecule has 0 aliphatic heterocycles. The lowest BCUT2D eigenvalue weighted by atomic mass is 9.92. The summed E-state index contributed by atoms with van der Waals surface area (Å²) < 4.78 is 22.3. The Hall–Kier alpha value is -6.08. The number of aromatic amines is 1. The van der Waals surface area contributed by atoms with Gasteiger partial charge >= 0.3 is 12.2 Å². The molecule has 5 aromatic rings. The molecule has 0 saturated heterocycles. The Morgan fingerprint density at radius 3 is 2.52 bits per heavy atom. The van der Waals surface area contributed by atoms with Crippen LogP contribution in [0.1, 0.15) is 37.6 Å². The Kier molecular flexibility index (Phi) is 7.33. The molecule has 5 rings (SSSR count). The van der Waals surface area contributed by atoms with E-state index in [9.17, 15) is 30.0 Å². The van der Waals surface area contributed by atoms with E-state index in [-0.39, 0.29) is 38.9 Å². The Labute approximate surface area is 249 Å². The molecular formula is C31H24FN7O5. The topological polar surface area (TPSA) is 178 Å². The van der Waals surface area contributed by atoms with Crippen molar-refractivity contribution in [3.63, 3.8) is 0 Å². The molecule has 0 radical (unpaired) electrons. The molecule has 2 heterocycles. The van der Waals surface area contributed by atoms with Crippen LogP contribution in [-0.4, -0.2) is 47.8 Å². The standard InChI is InChI=1S/C31H24FN7O5/c1-31(2,3)44-30(43)39(29(41)42)15-24-20-10-17(9-18(12-33)25(20)28(40)37-36-24)22-14-35-38(4)27(22)26-21(13-34)19-8-6-5-7-16(19)11-23(26)32/h5-11,14H,15H2,1-4H3,(H,37,40)(H,41,42). The largest absolute Gasteiger partial charge is 0.465 e. The van der Waals surface area contributed by atoms with Crippen LogP contribution < -0.4 is 5.56 Å². The molecule has 0 spiro atoms. The first kappa shape index (κ1) is 29.4. The molecule has 0 atom stereocenters. The van der Waals surface area contributed by atoms with Gasteiger partial charge in [0, 0.05) is 23.4 Å². The third-order valence-corrected chi connectivity index (χ3v) is 6.84. The zero-order chi connectivity index (χ0) is 31.9. The summed E-state index contributed by atoms with van der Waals surface area (Å²) in [5.41, 5.74) is -0.915. The lowest BCUT2D eigenvalue weighted by molar-refractivity contribution is 0.0253. The number of nitrogens with zero attached hydrogens (tertiary/aromatic N) is 6. The number of imide groups is 1. The van der Waals surface area contributed by atoms with Gasteiger partial charge in [-0.05, 0) is 49.9 Å². The minimum absolute atomic E-state index is 0.00830.